The average Bonchev–Trinajstić information content (AvgIpc) is 3.21. The number of nitrogens with zero attached hydrogens (tertiary/aromatic N) is 2. The quantitative estimate of drug-likeness (QED) is 0.939. The molecule has 126 valence electrons. The monoisotopic (exact) mass is 325 g/mol. The number of fused-ring (bicyclic) bond motifs is 1. The lowest BCUT2D eigenvalue weighted by molar-refractivity contribution is -0.140. The van der Waals surface area contributed by atoms with Gasteiger partial charge >= 0.3 is 0 Å². The van der Waals surface area contributed by atoms with Gasteiger partial charge in [0.25, 0.3) is 0 Å². The third kappa shape index (κ3) is 2.79. The van der Waals surface area contributed by atoms with Gasteiger partial charge in [-0.25, -0.2) is 0 Å². The summed E-state index contributed by atoms with van der Waals surface area (Å²) in [5.74, 6) is 1.20. The van der Waals surface area contributed by atoms with Crippen molar-refractivity contribution in [2.24, 2.45) is 11.8 Å². The summed E-state index contributed by atoms with van der Waals surface area (Å²) in [5.41, 5.74) is 2.11. The van der Waals surface area contributed by atoms with Crippen molar-refractivity contribution in [1.29, 1.82) is 0 Å². The minimum atomic E-state index is 0.145. The molecule has 2 heterocycles. The van der Waals surface area contributed by atoms with Crippen molar-refractivity contribution in [3.63, 3.8) is 0 Å². The number of nitrogens with one attached hydrogen (secondary N) is 1. The highest BCUT2D eigenvalue weighted by Crippen LogP contribution is 2.39. The van der Waals surface area contributed by atoms with E-state index in [0.29, 0.717) is 38.5 Å². The first-order chi connectivity index (χ1) is 11.6. The van der Waals surface area contributed by atoms with Gasteiger partial charge < -0.3 is 14.8 Å². The number of benzene rings is 1. The van der Waals surface area contributed by atoms with Crippen LogP contribution in [0.15, 0.2) is 30.5 Å². The first-order valence-electron chi connectivity index (χ1n) is 8.75. The van der Waals surface area contributed by atoms with E-state index in [2.05, 4.69) is 11.9 Å². The first-order valence-corrected chi connectivity index (χ1v) is 8.75. The number of para-hydroxylation sites is 1. The standard InChI is InChI=1S/C19H23N3O2/c1-13-10-16(13)19(24)22-8-6-21(7-9-22)18(23)11-14-12-20-17-5-3-2-4-15(14)17/h2-5,12-13,16,20H,6-11H2,1H3/t13-,16+/m0/s1. The van der Waals surface area contributed by atoms with E-state index in [9.17, 15) is 9.59 Å². The molecule has 2 aromatic rings. The number of hydrogen-bond acceptors (Lipinski definition) is 2. The molecule has 1 saturated heterocycles. The molecule has 5 nitrogen and oxygen atoms in total. The Kier molecular flexibility index (Phi) is 3.79. The van der Waals surface area contributed by atoms with Crippen LogP contribution < -0.4 is 0 Å². The number of carbonyl (C=O) groups is 2. The van der Waals surface area contributed by atoms with Crippen LogP contribution in [0.3, 0.4) is 0 Å². The molecule has 4 rings (SSSR count). The lowest BCUT2D eigenvalue weighted by Gasteiger charge is -2.35. The zero-order chi connectivity index (χ0) is 16.7. The summed E-state index contributed by atoms with van der Waals surface area (Å²) >= 11 is 0. The van der Waals surface area contributed by atoms with Crippen molar-refractivity contribution in [3.05, 3.63) is 36.0 Å². The highest BCUT2D eigenvalue weighted by Gasteiger charge is 2.42. The van der Waals surface area contributed by atoms with Crippen molar-refractivity contribution < 1.29 is 9.59 Å². The van der Waals surface area contributed by atoms with E-state index < -0.39 is 0 Å². The van der Waals surface area contributed by atoms with Gasteiger partial charge in [-0.15, -0.1) is 0 Å². The molecule has 2 fully saturated rings. The number of amides is 2. The molecular formula is C19H23N3O2. The summed E-state index contributed by atoms with van der Waals surface area (Å²) in [6, 6.07) is 8.04. The fourth-order valence-corrected chi connectivity index (χ4v) is 3.63. The summed E-state index contributed by atoms with van der Waals surface area (Å²) in [6.45, 7) is 4.76. The molecule has 5 heteroatoms. The van der Waals surface area contributed by atoms with Gasteiger partial charge in [0.05, 0.1) is 6.42 Å². The molecule has 0 spiro atoms. The maximum Gasteiger partial charge on any atom is 0.227 e. The number of hydrogen-bond donors (Lipinski definition) is 1. The van der Waals surface area contributed by atoms with E-state index in [-0.39, 0.29) is 17.7 Å². The number of rotatable bonds is 3. The lowest BCUT2D eigenvalue weighted by Crippen LogP contribution is -2.51. The summed E-state index contributed by atoms with van der Waals surface area (Å²) < 4.78 is 0. The van der Waals surface area contributed by atoms with E-state index in [1.54, 1.807) is 0 Å². The molecule has 0 unspecified atom stereocenters. The largest absolute Gasteiger partial charge is 0.361 e. The van der Waals surface area contributed by atoms with Crippen LogP contribution in [-0.4, -0.2) is 52.8 Å². The zero-order valence-corrected chi connectivity index (χ0v) is 14.0. The van der Waals surface area contributed by atoms with Gasteiger partial charge in [0.1, 0.15) is 0 Å². The Morgan fingerprint density at radius 3 is 2.50 bits per heavy atom. The molecule has 1 aromatic heterocycles. The molecular weight excluding hydrogens is 302 g/mol. The predicted octanol–water partition coefficient (Wildman–Crippen LogP) is 2.04. The number of aromatic amines is 1. The van der Waals surface area contributed by atoms with Crippen molar-refractivity contribution in [2.75, 3.05) is 26.2 Å². The van der Waals surface area contributed by atoms with Gasteiger partial charge in [-0.2, -0.15) is 0 Å². The van der Waals surface area contributed by atoms with Crippen molar-refractivity contribution in [2.45, 2.75) is 19.8 Å². The van der Waals surface area contributed by atoms with Gasteiger partial charge in [-0.3, -0.25) is 9.59 Å². The highest BCUT2D eigenvalue weighted by molar-refractivity contribution is 5.89. The number of H-pyrrole nitrogens is 1. The van der Waals surface area contributed by atoms with Crippen molar-refractivity contribution >= 4 is 22.7 Å². The normalized spacial score (nSPS) is 23.5. The molecule has 1 aromatic carbocycles. The number of aromatic nitrogens is 1. The fraction of sp³-hybridized carbons (Fsp3) is 0.474. The van der Waals surface area contributed by atoms with Crippen molar-refractivity contribution in [3.8, 4) is 0 Å². The third-order valence-electron chi connectivity index (χ3n) is 5.39. The maximum absolute atomic E-state index is 12.6. The van der Waals surface area contributed by atoms with E-state index in [1.807, 2.05) is 40.3 Å². The second-order valence-electron chi connectivity index (χ2n) is 7.06. The smallest absolute Gasteiger partial charge is 0.227 e. The molecule has 1 N–H and O–H groups in total. The van der Waals surface area contributed by atoms with Gasteiger partial charge in [0.15, 0.2) is 0 Å². The van der Waals surface area contributed by atoms with Gasteiger partial charge in [-0.1, -0.05) is 25.1 Å². The minimum Gasteiger partial charge on any atom is -0.361 e. The Morgan fingerprint density at radius 2 is 1.79 bits per heavy atom. The summed E-state index contributed by atoms with van der Waals surface area (Å²) in [5, 5.41) is 1.11. The Hall–Kier alpha value is -2.30. The molecule has 2 atom stereocenters. The van der Waals surface area contributed by atoms with Crippen LogP contribution in [0.1, 0.15) is 18.9 Å². The Morgan fingerprint density at radius 1 is 1.12 bits per heavy atom. The molecule has 1 aliphatic heterocycles. The SMILES string of the molecule is C[C@H]1C[C@H]1C(=O)N1CCN(C(=O)Cc2c[nH]c3ccccc23)CC1. The molecule has 0 radical (unpaired) electrons. The minimum absolute atomic E-state index is 0.145. The second-order valence-corrected chi connectivity index (χ2v) is 7.06. The first kappa shape index (κ1) is 15.2. The van der Waals surface area contributed by atoms with Crippen LogP contribution in [0.4, 0.5) is 0 Å². The van der Waals surface area contributed by atoms with Gasteiger partial charge in [0.2, 0.25) is 11.8 Å². The summed E-state index contributed by atoms with van der Waals surface area (Å²) in [4.78, 5) is 31.9. The second kappa shape index (κ2) is 5.96. The van der Waals surface area contributed by atoms with E-state index >= 15 is 0 Å². The molecule has 24 heavy (non-hydrogen) atoms. The van der Waals surface area contributed by atoms with Gasteiger partial charge in [0, 0.05) is 49.2 Å². The summed E-state index contributed by atoms with van der Waals surface area (Å²) in [7, 11) is 0. The van der Waals surface area contributed by atoms with Crippen LogP contribution >= 0.6 is 0 Å². The Labute approximate surface area is 141 Å². The third-order valence-corrected chi connectivity index (χ3v) is 5.39. The van der Waals surface area contributed by atoms with Crippen LogP contribution in [0.5, 0.6) is 0 Å². The summed E-state index contributed by atoms with van der Waals surface area (Å²) in [6.07, 6.45) is 3.37. The van der Waals surface area contributed by atoms with E-state index in [1.165, 1.54) is 0 Å². The Bertz CT molecular complexity index is 774. The fourth-order valence-electron chi connectivity index (χ4n) is 3.63. The van der Waals surface area contributed by atoms with Crippen molar-refractivity contribution in [1.82, 2.24) is 14.8 Å². The predicted molar refractivity (Wildman–Crippen MR) is 92.4 cm³/mol. The average molecular weight is 325 g/mol. The highest BCUT2D eigenvalue weighted by atomic mass is 16.2. The molecule has 2 aliphatic rings. The lowest BCUT2D eigenvalue weighted by atomic mass is 10.1. The number of piperazine rings is 1. The number of carbonyl (C=O) groups excluding carboxylic acids is 2. The van der Waals surface area contributed by atoms with Crippen LogP contribution in [0, 0.1) is 11.8 Å². The van der Waals surface area contributed by atoms with E-state index in [0.717, 1.165) is 22.9 Å². The Balaban J connectivity index is 1.35. The van der Waals surface area contributed by atoms with Crippen LogP contribution in [-0.2, 0) is 16.0 Å². The van der Waals surface area contributed by atoms with Crippen LogP contribution in [0.2, 0.25) is 0 Å². The zero-order valence-electron chi connectivity index (χ0n) is 14.0. The van der Waals surface area contributed by atoms with Gasteiger partial charge in [-0.05, 0) is 24.0 Å². The topological polar surface area (TPSA) is 56.4 Å². The maximum atomic E-state index is 12.6. The molecule has 2 amide bonds. The molecule has 1 aliphatic carbocycles. The molecule has 0 bridgehead atoms. The van der Waals surface area contributed by atoms with E-state index in [4.69, 9.17) is 0 Å². The van der Waals surface area contributed by atoms with Crippen LogP contribution in [0.25, 0.3) is 10.9 Å². The molecule has 1 saturated carbocycles.